The molecule has 2 heterocycles. The van der Waals surface area contributed by atoms with E-state index in [2.05, 4.69) is 252 Å². The number of para-hydroxylation sites is 4. The number of aromatic nitrogens is 1. The molecule has 67 heavy (non-hydrogen) atoms. The molecular weight excluding hydrogens is 813 g/mol. The van der Waals surface area contributed by atoms with E-state index in [1.165, 1.54) is 54.8 Å². The maximum absolute atomic E-state index is 6.40. The van der Waals surface area contributed by atoms with Crippen molar-refractivity contribution in [1.82, 2.24) is 4.57 Å². The molecule has 0 N–H and O–H groups in total. The van der Waals surface area contributed by atoms with E-state index < -0.39 is 0 Å². The molecule has 0 radical (unpaired) electrons. The molecule has 13 aromatic rings. The molecule has 13 rings (SSSR count). The van der Waals surface area contributed by atoms with Gasteiger partial charge in [-0.3, -0.25) is 0 Å². The summed E-state index contributed by atoms with van der Waals surface area (Å²) in [4.78, 5) is 2.39. The molecule has 0 atom stereocenters. The van der Waals surface area contributed by atoms with E-state index >= 15 is 0 Å². The second-order valence-corrected chi connectivity index (χ2v) is 17.3. The highest BCUT2D eigenvalue weighted by atomic mass is 16.3. The fraction of sp³-hybridized carbons (Fsp3) is 0. The Morgan fingerprint density at radius 1 is 0.299 bits per heavy atom. The van der Waals surface area contributed by atoms with Crippen LogP contribution < -0.4 is 4.90 Å². The van der Waals surface area contributed by atoms with Crippen LogP contribution in [0.15, 0.2) is 259 Å². The normalized spacial score (nSPS) is 11.6. The molecular formula is C64H42N2O. The number of fused-ring (bicyclic) bond motifs is 7. The van der Waals surface area contributed by atoms with Gasteiger partial charge in [-0.05, 0) is 129 Å². The van der Waals surface area contributed by atoms with Crippen molar-refractivity contribution in [3.05, 3.63) is 255 Å². The van der Waals surface area contributed by atoms with E-state index in [1.807, 2.05) is 12.1 Å². The minimum Gasteiger partial charge on any atom is -0.456 e. The highest BCUT2D eigenvalue weighted by molar-refractivity contribution is 6.09. The van der Waals surface area contributed by atoms with Gasteiger partial charge in [-0.2, -0.15) is 0 Å². The molecule has 3 nitrogen and oxygen atoms in total. The first-order valence-electron chi connectivity index (χ1n) is 22.9. The van der Waals surface area contributed by atoms with Crippen LogP contribution in [0.5, 0.6) is 0 Å². The largest absolute Gasteiger partial charge is 0.456 e. The van der Waals surface area contributed by atoms with E-state index in [4.69, 9.17) is 4.42 Å². The van der Waals surface area contributed by atoms with Crippen LogP contribution in [0.4, 0.5) is 17.1 Å². The van der Waals surface area contributed by atoms with Crippen LogP contribution in [0.2, 0.25) is 0 Å². The standard InChI is InChI=1S/C64H42N2O/c1-2-14-47-39-50(32-31-43(47)13-1)49-16-12-17-53(41-49)65(60-23-7-3-19-55(60)51-35-38-59-58-22-6-10-26-63(58)67-64(59)42-51)52-36-33-45(34-37-52)44-27-29-46(30-28-44)48-15-11-18-54(40-48)66-61-24-8-4-20-56(61)57-21-5-9-25-62(57)66/h1-42H. The Hall–Kier alpha value is -8.92. The first kappa shape index (κ1) is 38.5. The van der Waals surface area contributed by atoms with Crippen molar-refractivity contribution in [2.75, 3.05) is 4.90 Å². The second-order valence-electron chi connectivity index (χ2n) is 17.3. The number of benzene rings is 11. The van der Waals surface area contributed by atoms with Crippen molar-refractivity contribution in [1.29, 1.82) is 0 Å². The van der Waals surface area contributed by atoms with Gasteiger partial charge < -0.3 is 13.9 Å². The van der Waals surface area contributed by atoms with Crippen molar-refractivity contribution in [3.63, 3.8) is 0 Å². The molecule has 0 bridgehead atoms. The number of hydrogen-bond donors (Lipinski definition) is 0. The van der Waals surface area contributed by atoms with Gasteiger partial charge in [0.25, 0.3) is 0 Å². The maximum atomic E-state index is 6.40. The molecule has 0 aliphatic rings. The summed E-state index contributed by atoms with van der Waals surface area (Å²) in [7, 11) is 0. The fourth-order valence-corrected chi connectivity index (χ4v) is 10.1. The topological polar surface area (TPSA) is 21.3 Å². The van der Waals surface area contributed by atoms with E-state index in [1.54, 1.807) is 0 Å². The number of furan rings is 1. The first-order chi connectivity index (χ1) is 33.2. The average Bonchev–Trinajstić information content (AvgIpc) is 3.95. The molecule has 314 valence electrons. The Kier molecular flexibility index (Phi) is 9.17. The van der Waals surface area contributed by atoms with Gasteiger partial charge in [0, 0.05) is 44.2 Å². The van der Waals surface area contributed by atoms with Crippen LogP contribution in [-0.4, -0.2) is 4.57 Å². The predicted octanol–water partition coefficient (Wildman–Crippen LogP) is 18.0. The molecule has 0 amide bonds. The lowest BCUT2D eigenvalue weighted by atomic mass is 9.98. The molecule has 0 saturated heterocycles. The molecule has 0 spiro atoms. The van der Waals surface area contributed by atoms with Crippen molar-refractivity contribution in [3.8, 4) is 50.2 Å². The summed E-state index contributed by atoms with van der Waals surface area (Å²) in [6.45, 7) is 0. The molecule has 0 aliphatic carbocycles. The van der Waals surface area contributed by atoms with Gasteiger partial charge >= 0.3 is 0 Å². The van der Waals surface area contributed by atoms with Crippen LogP contribution in [-0.2, 0) is 0 Å². The van der Waals surface area contributed by atoms with E-state index in [9.17, 15) is 0 Å². The minimum absolute atomic E-state index is 0.879. The van der Waals surface area contributed by atoms with Gasteiger partial charge in [0.15, 0.2) is 0 Å². The van der Waals surface area contributed by atoms with Crippen LogP contribution in [0.3, 0.4) is 0 Å². The average molecular weight is 855 g/mol. The Morgan fingerprint density at radius 3 is 1.63 bits per heavy atom. The van der Waals surface area contributed by atoms with Crippen LogP contribution in [0, 0.1) is 0 Å². The first-order valence-corrected chi connectivity index (χ1v) is 22.9. The summed E-state index contributed by atoms with van der Waals surface area (Å²) >= 11 is 0. The minimum atomic E-state index is 0.879. The number of nitrogens with zero attached hydrogens (tertiary/aromatic N) is 2. The van der Waals surface area contributed by atoms with E-state index in [-0.39, 0.29) is 0 Å². The number of hydrogen-bond acceptors (Lipinski definition) is 2. The number of anilines is 3. The van der Waals surface area contributed by atoms with Crippen molar-refractivity contribution in [2.24, 2.45) is 0 Å². The van der Waals surface area contributed by atoms with Gasteiger partial charge in [-0.25, -0.2) is 0 Å². The zero-order valence-corrected chi connectivity index (χ0v) is 36.6. The lowest BCUT2D eigenvalue weighted by Gasteiger charge is -2.28. The fourth-order valence-electron chi connectivity index (χ4n) is 10.1. The maximum Gasteiger partial charge on any atom is 0.136 e. The van der Waals surface area contributed by atoms with Gasteiger partial charge in [0.1, 0.15) is 11.2 Å². The molecule has 0 saturated carbocycles. The molecule has 11 aromatic carbocycles. The third kappa shape index (κ3) is 6.76. The smallest absolute Gasteiger partial charge is 0.136 e. The summed E-state index contributed by atoms with van der Waals surface area (Å²) in [6, 6.07) is 92.0. The third-order valence-corrected chi connectivity index (χ3v) is 13.4. The summed E-state index contributed by atoms with van der Waals surface area (Å²) < 4.78 is 8.78. The second kappa shape index (κ2) is 16.0. The quantitative estimate of drug-likeness (QED) is 0.152. The predicted molar refractivity (Wildman–Crippen MR) is 282 cm³/mol. The van der Waals surface area contributed by atoms with Gasteiger partial charge in [-0.1, -0.05) is 176 Å². The van der Waals surface area contributed by atoms with Crippen LogP contribution >= 0.6 is 0 Å². The van der Waals surface area contributed by atoms with Crippen LogP contribution in [0.1, 0.15) is 0 Å². The SMILES string of the molecule is c1cc(-c2ccc3ccccc3c2)cc(N(c2ccc(-c3ccc(-c4cccc(-n5c6ccccc6c6ccccc65)c4)cc3)cc2)c2ccccc2-c2ccc3c(c2)oc2ccccc23)c1. The lowest BCUT2D eigenvalue weighted by Crippen LogP contribution is -2.11. The Morgan fingerprint density at radius 2 is 0.851 bits per heavy atom. The monoisotopic (exact) mass is 854 g/mol. The zero-order chi connectivity index (χ0) is 44.3. The molecule has 2 aromatic heterocycles. The molecule has 0 fully saturated rings. The third-order valence-electron chi connectivity index (χ3n) is 13.4. The number of rotatable bonds is 8. The lowest BCUT2D eigenvalue weighted by molar-refractivity contribution is 0.669. The molecule has 0 unspecified atom stereocenters. The summed E-state index contributed by atoms with van der Waals surface area (Å²) in [5, 5.41) is 7.24. The Bertz CT molecular complexity index is 3930. The highest BCUT2D eigenvalue weighted by Crippen LogP contribution is 2.44. The van der Waals surface area contributed by atoms with Crippen LogP contribution in [0.25, 0.3) is 105 Å². The van der Waals surface area contributed by atoms with Gasteiger partial charge in [0.2, 0.25) is 0 Å². The van der Waals surface area contributed by atoms with Gasteiger partial charge in [0.05, 0.1) is 16.7 Å². The van der Waals surface area contributed by atoms with Crippen molar-refractivity contribution < 1.29 is 4.42 Å². The summed E-state index contributed by atoms with van der Waals surface area (Å²) in [5.41, 5.74) is 17.8. The van der Waals surface area contributed by atoms with Crippen molar-refractivity contribution in [2.45, 2.75) is 0 Å². The van der Waals surface area contributed by atoms with Crippen molar-refractivity contribution >= 4 is 71.6 Å². The van der Waals surface area contributed by atoms with Gasteiger partial charge in [-0.15, -0.1) is 0 Å². The van der Waals surface area contributed by atoms with E-state index in [0.29, 0.717) is 0 Å². The Labute approximate surface area is 388 Å². The molecule has 3 heteroatoms. The highest BCUT2D eigenvalue weighted by Gasteiger charge is 2.20. The summed E-state index contributed by atoms with van der Waals surface area (Å²) in [5.74, 6) is 0. The summed E-state index contributed by atoms with van der Waals surface area (Å²) in [6.07, 6.45) is 0. The van der Waals surface area contributed by atoms with E-state index in [0.717, 1.165) is 66.9 Å². The molecule has 0 aliphatic heterocycles. The zero-order valence-electron chi connectivity index (χ0n) is 36.6. The Balaban J connectivity index is 0.871.